The number of amides is 1. The quantitative estimate of drug-likeness (QED) is 0.199. The fraction of sp³-hybridized carbons (Fsp3) is 0.125. The lowest BCUT2D eigenvalue weighted by Crippen LogP contribution is -2.23. The second kappa shape index (κ2) is 9.73. The molecule has 0 bridgehead atoms. The van der Waals surface area contributed by atoms with Crippen LogP contribution in [0.3, 0.4) is 0 Å². The summed E-state index contributed by atoms with van der Waals surface area (Å²) in [5, 5.41) is 6.54. The molecule has 0 spiro atoms. The summed E-state index contributed by atoms with van der Waals surface area (Å²) in [4.78, 5) is 31.3. The molecule has 0 unspecified atom stereocenters. The minimum Gasteiger partial charge on any atom is -0.325 e. The maximum absolute atomic E-state index is 13.4. The second-order valence-electron chi connectivity index (χ2n) is 7.09. The first-order chi connectivity index (χ1) is 15.5. The van der Waals surface area contributed by atoms with E-state index in [9.17, 15) is 9.59 Å². The highest BCUT2D eigenvalue weighted by molar-refractivity contribution is 7.99. The lowest BCUT2D eigenvalue weighted by molar-refractivity contribution is -0.113. The number of carbonyl (C=O) groups is 1. The van der Waals surface area contributed by atoms with Crippen molar-refractivity contribution in [2.75, 3.05) is 11.1 Å². The lowest BCUT2D eigenvalue weighted by atomic mass is 10.1. The van der Waals surface area contributed by atoms with Crippen LogP contribution in [-0.2, 0) is 11.3 Å². The predicted octanol–water partition coefficient (Wildman–Crippen LogP) is 6.00. The first-order valence-corrected chi connectivity index (χ1v) is 12.1. The fourth-order valence-electron chi connectivity index (χ4n) is 3.32. The Kier molecular flexibility index (Phi) is 6.79. The highest BCUT2D eigenvalue weighted by Gasteiger charge is 2.18. The molecule has 2 aromatic heterocycles. The van der Waals surface area contributed by atoms with Gasteiger partial charge in [-0.2, -0.15) is 0 Å². The van der Waals surface area contributed by atoms with Crippen molar-refractivity contribution in [3.8, 4) is 11.1 Å². The van der Waals surface area contributed by atoms with Gasteiger partial charge in [0, 0.05) is 28.2 Å². The maximum atomic E-state index is 13.4. The fourth-order valence-corrected chi connectivity index (χ4v) is 5.34. The van der Waals surface area contributed by atoms with Crippen LogP contribution in [0.4, 0.5) is 5.69 Å². The molecule has 2 heterocycles. The summed E-state index contributed by atoms with van der Waals surface area (Å²) >= 11 is 8.64. The molecule has 0 aliphatic carbocycles. The van der Waals surface area contributed by atoms with Crippen LogP contribution in [0.5, 0.6) is 0 Å². The number of allylic oxidation sites excluding steroid dienone is 1. The summed E-state index contributed by atoms with van der Waals surface area (Å²) in [5.74, 6) is -0.0651. The molecular weight excluding hydrogens is 462 g/mol. The number of carbonyl (C=O) groups excluding carboxylic acids is 1. The average Bonchev–Trinajstić information content (AvgIpc) is 3.21. The zero-order chi connectivity index (χ0) is 22.7. The van der Waals surface area contributed by atoms with Gasteiger partial charge in [-0.1, -0.05) is 59.8 Å². The first kappa shape index (κ1) is 22.3. The number of aromatic nitrogens is 2. The van der Waals surface area contributed by atoms with Crippen molar-refractivity contribution in [3.05, 3.63) is 87.5 Å². The molecule has 0 aliphatic rings. The monoisotopic (exact) mass is 481 g/mol. The molecular formula is C24H20ClN3O2S2. The van der Waals surface area contributed by atoms with Crippen molar-refractivity contribution in [2.45, 2.75) is 18.6 Å². The third-order valence-electron chi connectivity index (χ3n) is 4.85. The number of fused-ring (bicyclic) bond motifs is 1. The molecule has 5 nitrogen and oxygen atoms in total. The summed E-state index contributed by atoms with van der Waals surface area (Å²) in [6.45, 7) is 5.96. The van der Waals surface area contributed by atoms with Crippen molar-refractivity contribution < 1.29 is 4.79 Å². The van der Waals surface area contributed by atoms with Gasteiger partial charge >= 0.3 is 0 Å². The topological polar surface area (TPSA) is 64.0 Å². The Hall–Kier alpha value is -2.87. The van der Waals surface area contributed by atoms with Crippen LogP contribution < -0.4 is 10.9 Å². The van der Waals surface area contributed by atoms with Crippen molar-refractivity contribution >= 4 is 56.5 Å². The number of hydrogen-bond acceptors (Lipinski definition) is 5. The van der Waals surface area contributed by atoms with Gasteiger partial charge in [0.15, 0.2) is 5.16 Å². The number of nitrogens with one attached hydrogen (secondary N) is 1. The summed E-state index contributed by atoms with van der Waals surface area (Å²) in [5.41, 5.74) is 3.30. The molecule has 0 atom stereocenters. The van der Waals surface area contributed by atoms with Crippen LogP contribution in [0.15, 0.2) is 76.5 Å². The first-order valence-electron chi connectivity index (χ1n) is 9.85. The minimum atomic E-state index is -0.184. The molecule has 0 aliphatic heterocycles. The molecule has 4 aromatic rings. The lowest BCUT2D eigenvalue weighted by Gasteiger charge is -2.12. The van der Waals surface area contributed by atoms with E-state index in [0.717, 1.165) is 16.7 Å². The standard InChI is InChI=1S/C24H20ClN3O2S2/c1-3-11-28-23(30)21-18(16-7-5-4-6-8-16)13-31-22(21)27-24(28)32-14-20(29)26-19-10-9-17(25)12-15(19)2/h3-10,12-13H,1,11,14H2,2H3,(H,26,29). The van der Waals surface area contributed by atoms with E-state index in [1.807, 2.05) is 42.6 Å². The van der Waals surface area contributed by atoms with Crippen molar-refractivity contribution in [1.82, 2.24) is 9.55 Å². The van der Waals surface area contributed by atoms with E-state index in [4.69, 9.17) is 16.6 Å². The number of benzene rings is 2. The third-order valence-corrected chi connectivity index (χ3v) is 6.93. The molecule has 0 fully saturated rings. The third kappa shape index (κ3) is 4.65. The molecule has 1 N–H and O–H groups in total. The average molecular weight is 482 g/mol. The molecule has 8 heteroatoms. The normalized spacial score (nSPS) is 10.9. The van der Waals surface area contributed by atoms with E-state index in [1.165, 1.54) is 23.1 Å². The number of anilines is 1. The summed E-state index contributed by atoms with van der Waals surface area (Å²) in [6, 6.07) is 15.1. The largest absolute Gasteiger partial charge is 0.325 e. The Bertz CT molecular complexity index is 1360. The van der Waals surface area contributed by atoms with Crippen LogP contribution in [0.2, 0.25) is 5.02 Å². The highest BCUT2D eigenvalue weighted by atomic mass is 35.5. The van der Waals surface area contributed by atoms with Gasteiger partial charge in [-0.05, 0) is 36.2 Å². The molecule has 0 saturated carbocycles. The Labute approximate surface area is 198 Å². The van der Waals surface area contributed by atoms with E-state index in [1.54, 1.807) is 28.8 Å². The van der Waals surface area contributed by atoms with Crippen LogP contribution in [0.1, 0.15) is 5.56 Å². The van der Waals surface area contributed by atoms with Gasteiger partial charge in [0.05, 0.1) is 11.1 Å². The van der Waals surface area contributed by atoms with Gasteiger partial charge in [-0.3, -0.25) is 14.2 Å². The van der Waals surface area contributed by atoms with Gasteiger partial charge in [0.25, 0.3) is 5.56 Å². The second-order valence-corrected chi connectivity index (χ2v) is 9.33. The number of hydrogen-bond donors (Lipinski definition) is 1. The number of thiophene rings is 1. The molecule has 0 radical (unpaired) electrons. The van der Waals surface area contributed by atoms with Gasteiger partial charge < -0.3 is 5.32 Å². The Morgan fingerprint density at radius 1 is 1.28 bits per heavy atom. The smallest absolute Gasteiger partial charge is 0.263 e. The van der Waals surface area contributed by atoms with Crippen molar-refractivity contribution in [3.63, 3.8) is 0 Å². The number of rotatable bonds is 7. The maximum Gasteiger partial charge on any atom is 0.263 e. The minimum absolute atomic E-state index is 0.119. The van der Waals surface area contributed by atoms with Crippen molar-refractivity contribution in [2.24, 2.45) is 0 Å². The van der Waals surface area contributed by atoms with E-state index in [2.05, 4.69) is 11.9 Å². The SMILES string of the molecule is C=CCn1c(SCC(=O)Nc2ccc(Cl)cc2C)nc2scc(-c3ccccc3)c2c1=O. The van der Waals surface area contributed by atoms with Gasteiger partial charge in [0.2, 0.25) is 5.91 Å². The van der Waals surface area contributed by atoms with Gasteiger partial charge in [0.1, 0.15) is 4.83 Å². The Morgan fingerprint density at radius 2 is 2.06 bits per heavy atom. The molecule has 1 amide bonds. The van der Waals surface area contributed by atoms with Crippen LogP contribution in [-0.4, -0.2) is 21.2 Å². The Morgan fingerprint density at radius 3 is 2.78 bits per heavy atom. The molecule has 4 rings (SSSR count). The number of thioether (sulfide) groups is 1. The molecule has 162 valence electrons. The van der Waals surface area contributed by atoms with E-state index >= 15 is 0 Å². The zero-order valence-corrected chi connectivity index (χ0v) is 19.7. The van der Waals surface area contributed by atoms with E-state index < -0.39 is 0 Å². The van der Waals surface area contributed by atoms with E-state index in [-0.39, 0.29) is 17.2 Å². The molecule has 0 saturated heterocycles. The summed E-state index contributed by atoms with van der Waals surface area (Å²) in [7, 11) is 0. The van der Waals surface area contributed by atoms with Crippen molar-refractivity contribution in [1.29, 1.82) is 0 Å². The van der Waals surface area contributed by atoms with E-state index in [0.29, 0.717) is 32.6 Å². The molecule has 2 aromatic carbocycles. The summed E-state index contributed by atoms with van der Waals surface area (Å²) < 4.78 is 1.57. The number of aryl methyl sites for hydroxylation is 1. The Balaban J connectivity index is 1.62. The zero-order valence-electron chi connectivity index (χ0n) is 17.3. The van der Waals surface area contributed by atoms with Crippen LogP contribution in [0, 0.1) is 6.92 Å². The van der Waals surface area contributed by atoms with Gasteiger partial charge in [-0.15, -0.1) is 17.9 Å². The summed E-state index contributed by atoms with van der Waals surface area (Å²) in [6.07, 6.45) is 1.66. The molecule has 32 heavy (non-hydrogen) atoms. The number of halogens is 1. The van der Waals surface area contributed by atoms with Gasteiger partial charge in [-0.25, -0.2) is 4.98 Å². The predicted molar refractivity (Wildman–Crippen MR) is 135 cm³/mol. The highest BCUT2D eigenvalue weighted by Crippen LogP contribution is 2.32. The van der Waals surface area contributed by atoms with Crippen LogP contribution >= 0.6 is 34.7 Å². The number of nitrogens with zero attached hydrogens (tertiary/aromatic N) is 2. The van der Waals surface area contributed by atoms with Crippen LogP contribution in [0.25, 0.3) is 21.3 Å².